The number of aliphatic hydroxyl groups excluding tert-OH is 1. The zero-order valence-electron chi connectivity index (χ0n) is 11.9. The molecule has 1 aromatic heterocycles. The summed E-state index contributed by atoms with van der Waals surface area (Å²) < 4.78 is 1.07. The van der Waals surface area contributed by atoms with E-state index in [0.717, 1.165) is 16.6 Å². The molecular weight excluding hydrogens is 274 g/mol. The lowest BCUT2D eigenvalue weighted by Gasteiger charge is -2.18. The smallest absolute Gasteiger partial charge is 0.323 e. The Morgan fingerprint density at radius 3 is 2.95 bits per heavy atom. The van der Waals surface area contributed by atoms with Crippen molar-refractivity contribution in [2.24, 2.45) is 0 Å². The molecule has 1 heterocycles. The number of nitrogens with one attached hydrogen (secondary N) is 1. The predicted octanol–water partition coefficient (Wildman–Crippen LogP) is 2.70. The number of carbonyl (C=O) groups excluding carboxylic acids is 1. The first-order valence-corrected chi connectivity index (χ1v) is 7.41. The van der Waals surface area contributed by atoms with E-state index in [0.29, 0.717) is 5.13 Å². The molecule has 0 aliphatic carbocycles. The number of aromatic nitrogens is 1. The van der Waals surface area contributed by atoms with Gasteiger partial charge in [-0.05, 0) is 31.0 Å². The molecule has 0 unspecified atom stereocenters. The summed E-state index contributed by atoms with van der Waals surface area (Å²) in [5, 5.41) is 12.6. The highest BCUT2D eigenvalue weighted by Crippen LogP contribution is 2.27. The first-order chi connectivity index (χ1) is 9.49. The molecular formula is C14H19N3O2S. The Morgan fingerprint density at radius 1 is 1.55 bits per heavy atom. The van der Waals surface area contributed by atoms with E-state index in [2.05, 4.69) is 23.3 Å². The SMILES string of the molecule is CCc1ccc2nc(NC(=O)N(C)C[C@H](C)O)sc2c1. The Hall–Kier alpha value is -1.66. The van der Waals surface area contributed by atoms with E-state index in [1.54, 1.807) is 14.0 Å². The van der Waals surface area contributed by atoms with Gasteiger partial charge in [-0.2, -0.15) is 0 Å². The lowest BCUT2D eigenvalue weighted by Crippen LogP contribution is -2.36. The Kier molecular flexibility index (Phi) is 4.57. The van der Waals surface area contributed by atoms with E-state index in [9.17, 15) is 9.90 Å². The highest BCUT2D eigenvalue weighted by Gasteiger charge is 2.13. The van der Waals surface area contributed by atoms with E-state index < -0.39 is 6.10 Å². The van der Waals surface area contributed by atoms with Crippen LogP contribution in [0, 0.1) is 0 Å². The van der Waals surface area contributed by atoms with Gasteiger partial charge in [0.1, 0.15) is 0 Å². The number of fused-ring (bicyclic) bond motifs is 1. The molecule has 0 radical (unpaired) electrons. The van der Waals surface area contributed by atoms with Crippen molar-refractivity contribution in [3.8, 4) is 0 Å². The summed E-state index contributed by atoms with van der Waals surface area (Å²) in [6.07, 6.45) is 0.431. The summed E-state index contributed by atoms with van der Waals surface area (Å²) in [5.41, 5.74) is 2.14. The number of amides is 2. The molecule has 0 bridgehead atoms. The number of anilines is 1. The minimum atomic E-state index is -0.548. The number of rotatable bonds is 4. The monoisotopic (exact) mass is 293 g/mol. The molecule has 2 rings (SSSR count). The molecule has 20 heavy (non-hydrogen) atoms. The highest BCUT2D eigenvalue weighted by atomic mass is 32.1. The predicted molar refractivity (Wildman–Crippen MR) is 82.3 cm³/mol. The molecule has 6 heteroatoms. The van der Waals surface area contributed by atoms with Gasteiger partial charge in [0.25, 0.3) is 0 Å². The molecule has 2 amide bonds. The van der Waals surface area contributed by atoms with Crippen molar-refractivity contribution in [2.45, 2.75) is 26.4 Å². The molecule has 0 aliphatic rings. The standard InChI is InChI=1S/C14H19N3O2S/c1-4-10-5-6-11-12(7-10)20-13(15-11)16-14(19)17(3)8-9(2)18/h5-7,9,18H,4,8H2,1-3H3,(H,15,16,19)/t9-/m0/s1. The minimum absolute atomic E-state index is 0.263. The summed E-state index contributed by atoms with van der Waals surface area (Å²) >= 11 is 1.46. The largest absolute Gasteiger partial charge is 0.392 e. The van der Waals surface area contributed by atoms with Gasteiger partial charge in [-0.25, -0.2) is 9.78 Å². The van der Waals surface area contributed by atoms with Crippen LogP contribution in [0.3, 0.4) is 0 Å². The van der Waals surface area contributed by atoms with E-state index in [-0.39, 0.29) is 12.6 Å². The number of aliphatic hydroxyl groups is 1. The molecule has 2 N–H and O–H groups in total. The quantitative estimate of drug-likeness (QED) is 0.911. The van der Waals surface area contributed by atoms with E-state index in [1.807, 2.05) is 12.1 Å². The fraction of sp³-hybridized carbons (Fsp3) is 0.429. The fourth-order valence-electron chi connectivity index (χ4n) is 1.91. The number of thiazole rings is 1. The molecule has 0 aliphatic heterocycles. The second-order valence-corrected chi connectivity index (χ2v) is 5.86. The van der Waals surface area contributed by atoms with Gasteiger partial charge in [-0.3, -0.25) is 5.32 Å². The second kappa shape index (κ2) is 6.19. The van der Waals surface area contributed by atoms with Crippen LogP contribution in [0.15, 0.2) is 18.2 Å². The number of hydrogen-bond donors (Lipinski definition) is 2. The summed E-state index contributed by atoms with van der Waals surface area (Å²) in [6.45, 7) is 4.04. The number of carbonyl (C=O) groups is 1. The van der Waals surface area contributed by atoms with Crippen LogP contribution >= 0.6 is 11.3 Å². The Bertz CT molecular complexity index is 609. The summed E-state index contributed by atoms with van der Waals surface area (Å²) in [6, 6.07) is 5.86. The van der Waals surface area contributed by atoms with E-state index >= 15 is 0 Å². The Balaban J connectivity index is 2.11. The molecule has 0 fully saturated rings. The zero-order valence-corrected chi connectivity index (χ0v) is 12.7. The molecule has 0 spiro atoms. The maximum absolute atomic E-state index is 11.9. The van der Waals surface area contributed by atoms with Gasteiger partial charge in [0.05, 0.1) is 16.3 Å². The van der Waals surface area contributed by atoms with Gasteiger partial charge >= 0.3 is 6.03 Å². The molecule has 0 saturated carbocycles. The van der Waals surface area contributed by atoms with Crippen molar-refractivity contribution in [2.75, 3.05) is 18.9 Å². The molecule has 1 atom stereocenters. The number of aryl methyl sites for hydroxylation is 1. The molecule has 2 aromatic rings. The van der Waals surface area contributed by atoms with Crippen LogP contribution in [0.5, 0.6) is 0 Å². The molecule has 0 saturated heterocycles. The van der Waals surface area contributed by atoms with Gasteiger partial charge in [0.2, 0.25) is 0 Å². The third-order valence-electron chi connectivity index (χ3n) is 2.96. The van der Waals surface area contributed by atoms with Gasteiger partial charge in [-0.1, -0.05) is 24.3 Å². The summed E-state index contributed by atoms with van der Waals surface area (Å²) in [7, 11) is 1.64. The van der Waals surface area contributed by atoms with Crippen LogP contribution in [0.4, 0.5) is 9.93 Å². The number of urea groups is 1. The number of hydrogen-bond acceptors (Lipinski definition) is 4. The summed E-state index contributed by atoms with van der Waals surface area (Å²) in [5.74, 6) is 0. The third kappa shape index (κ3) is 3.46. The van der Waals surface area contributed by atoms with Gasteiger partial charge in [0, 0.05) is 13.6 Å². The van der Waals surface area contributed by atoms with Crippen LogP contribution in [0.2, 0.25) is 0 Å². The van der Waals surface area contributed by atoms with Gasteiger partial charge < -0.3 is 10.0 Å². The second-order valence-electron chi connectivity index (χ2n) is 4.83. The van der Waals surface area contributed by atoms with Crippen molar-refractivity contribution in [3.63, 3.8) is 0 Å². The van der Waals surface area contributed by atoms with Crippen molar-refractivity contribution < 1.29 is 9.90 Å². The molecule has 108 valence electrons. The summed E-state index contributed by atoms with van der Waals surface area (Å²) in [4.78, 5) is 17.7. The first kappa shape index (κ1) is 14.7. The third-order valence-corrected chi connectivity index (χ3v) is 3.89. The van der Waals surface area contributed by atoms with Crippen LogP contribution in [-0.2, 0) is 6.42 Å². The van der Waals surface area contributed by atoms with Crippen LogP contribution in [0.25, 0.3) is 10.2 Å². The molecule has 5 nitrogen and oxygen atoms in total. The normalized spacial score (nSPS) is 12.4. The Labute approximate surface area is 122 Å². The maximum atomic E-state index is 11.9. The van der Waals surface area contributed by atoms with E-state index in [1.165, 1.54) is 21.8 Å². The van der Waals surface area contributed by atoms with Crippen LogP contribution < -0.4 is 5.32 Å². The minimum Gasteiger partial charge on any atom is -0.392 e. The van der Waals surface area contributed by atoms with Gasteiger partial charge in [0.15, 0.2) is 5.13 Å². The zero-order chi connectivity index (χ0) is 14.7. The highest BCUT2D eigenvalue weighted by molar-refractivity contribution is 7.22. The van der Waals surface area contributed by atoms with Crippen LogP contribution in [-0.4, -0.2) is 40.7 Å². The van der Waals surface area contributed by atoms with Crippen molar-refractivity contribution in [3.05, 3.63) is 23.8 Å². The maximum Gasteiger partial charge on any atom is 0.323 e. The van der Waals surface area contributed by atoms with Crippen molar-refractivity contribution in [1.29, 1.82) is 0 Å². The first-order valence-electron chi connectivity index (χ1n) is 6.59. The topological polar surface area (TPSA) is 65.5 Å². The van der Waals surface area contributed by atoms with E-state index in [4.69, 9.17) is 0 Å². The Morgan fingerprint density at radius 2 is 2.30 bits per heavy atom. The fourth-order valence-corrected chi connectivity index (χ4v) is 2.83. The lowest BCUT2D eigenvalue weighted by molar-refractivity contribution is 0.149. The van der Waals surface area contributed by atoms with Crippen LogP contribution in [0.1, 0.15) is 19.4 Å². The van der Waals surface area contributed by atoms with Crippen molar-refractivity contribution in [1.82, 2.24) is 9.88 Å². The number of nitrogens with zero attached hydrogens (tertiary/aromatic N) is 2. The van der Waals surface area contributed by atoms with Gasteiger partial charge in [-0.15, -0.1) is 0 Å². The van der Waals surface area contributed by atoms with Crippen molar-refractivity contribution >= 4 is 32.7 Å². The number of likely N-dealkylation sites (N-methyl/N-ethyl adjacent to an activating group) is 1. The average Bonchev–Trinajstić information content (AvgIpc) is 2.78. The number of benzene rings is 1. The average molecular weight is 293 g/mol. The molecule has 1 aromatic carbocycles. The lowest BCUT2D eigenvalue weighted by atomic mass is 10.2.